The lowest BCUT2D eigenvalue weighted by molar-refractivity contribution is -0.120. The number of oxime groups is 1. The lowest BCUT2D eigenvalue weighted by Crippen LogP contribution is -2.18. The molecule has 0 aliphatic rings. The molecular weight excluding hydrogens is 365 g/mol. The summed E-state index contributed by atoms with van der Waals surface area (Å²) in [5.74, 6) is -4.22. The van der Waals surface area contributed by atoms with Gasteiger partial charge in [-0.25, -0.2) is 13.2 Å². The van der Waals surface area contributed by atoms with Gasteiger partial charge >= 0.3 is 0 Å². The fourth-order valence-corrected chi connectivity index (χ4v) is 2.04. The summed E-state index contributed by atoms with van der Waals surface area (Å²) in [5.41, 5.74) is 0.130. The summed E-state index contributed by atoms with van der Waals surface area (Å²) < 4.78 is 50.0. The van der Waals surface area contributed by atoms with E-state index in [-0.39, 0.29) is 0 Å². The van der Waals surface area contributed by atoms with Gasteiger partial charge in [0, 0.05) is 5.56 Å². The Morgan fingerprint density at radius 2 is 1.93 bits per heavy atom. The molecule has 0 bridgehead atoms. The van der Waals surface area contributed by atoms with E-state index < -0.39 is 35.7 Å². The molecule has 2 rings (SSSR count). The molecule has 2 aromatic rings. The molecule has 6 nitrogen and oxygen atoms in total. The van der Waals surface area contributed by atoms with Crippen LogP contribution in [0.3, 0.4) is 0 Å². The zero-order valence-corrected chi connectivity index (χ0v) is 14.6. The van der Waals surface area contributed by atoms with Crippen LogP contribution in [0.2, 0.25) is 0 Å². The molecular formula is C18H17F3N2O4. The van der Waals surface area contributed by atoms with E-state index in [4.69, 9.17) is 14.3 Å². The quantitative estimate of drug-likeness (QED) is 0.431. The molecule has 0 fully saturated rings. The molecule has 27 heavy (non-hydrogen) atoms. The number of methoxy groups -OCH3 is 1. The fourth-order valence-electron chi connectivity index (χ4n) is 2.04. The maximum atomic E-state index is 13.5. The number of carbonyl (C=O) groups excluding carboxylic acids is 1. The normalized spacial score (nSPS) is 10.7. The minimum Gasteiger partial charge on any atom is -0.493 e. The second-order valence-electron chi connectivity index (χ2n) is 5.12. The molecule has 144 valence electrons. The molecule has 0 saturated heterocycles. The molecule has 0 saturated carbocycles. The number of hydrogen-bond donors (Lipinski definition) is 1. The second kappa shape index (κ2) is 9.46. The maximum Gasteiger partial charge on any atom is 0.265 e. The minimum absolute atomic E-state index is 0.487. The third kappa shape index (κ3) is 5.37. The molecule has 0 unspecified atom stereocenters. The largest absolute Gasteiger partial charge is 0.493 e. The Morgan fingerprint density at radius 1 is 1.15 bits per heavy atom. The van der Waals surface area contributed by atoms with E-state index in [0.29, 0.717) is 29.7 Å². The highest BCUT2D eigenvalue weighted by Gasteiger charge is 2.15. The maximum absolute atomic E-state index is 13.5. The fraction of sp³-hybridized carbons (Fsp3) is 0.222. The highest BCUT2D eigenvalue weighted by atomic mass is 19.2. The van der Waals surface area contributed by atoms with Gasteiger partial charge in [0.1, 0.15) is 0 Å². The van der Waals surface area contributed by atoms with Crippen LogP contribution < -0.4 is 14.8 Å². The minimum atomic E-state index is -1.67. The second-order valence-corrected chi connectivity index (χ2v) is 5.12. The highest BCUT2D eigenvalue weighted by molar-refractivity contribution is 5.91. The van der Waals surface area contributed by atoms with Crippen LogP contribution in [0, 0.1) is 17.5 Å². The Labute approximate surface area is 153 Å². The highest BCUT2D eigenvalue weighted by Crippen LogP contribution is 2.27. The van der Waals surface area contributed by atoms with E-state index in [0.717, 1.165) is 6.07 Å². The predicted octanol–water partition coefficient (Wildman–Crippen LogP) is 3.50. The first-order valence-electron chi connectivity index (χ1n) is 7.85. The summed E-state index contributed by atoms with van der Waals surface area (Å²) >= 11 is 0. The Balaban J connectivity index is 1.90. The molecule has 0 atom stereocenters. The Kier molecular flexibility index (Phi) is 7.04. The summed E-state index contributed by atoms with van der Waals surface area (Å²) in [6.07, 6.45) is 1.34. The van der Waals surface area contributed by atoms with Crippen molar-refractivity contribution in [2.24, 2.45) is 5.16 Å². The third-order valence-electron chi connectivity index (χ3n) is 3.27. The van der Waals surface area contributed by atoms with Gasteiger partial charge in [-0.05, 0) is 37.3 Å². The molecule has 0 spiro atoms. The van der Waals surface area contributed by atoms with E-state index in [1.54, 1.807) is 18.2 Å². The number of amides is 1. The Morgan fingerprint density at radius 3 is 2.63 bits per heavy atom. The first kappa shape index (κ1) is 20.1. The molecule has 0 aromatic heterocycles. The van der Waals surface area contributed by atoms with Crippen LogP contribution in [0.25, 0.3) is 0 Å². The third-order valence-corrected chi connectivity index (χ3v) is 3.27. The summed E-state index contributed by atoms with van der Waals surface area (Å²) in [6.45, 7) is 1.78. The summed E-state index contributed by atoms with van der Waals surface area (Å²) in [5, 5.41) is 5.68. The van der Waals surface area contributed by atoms with Gasteiger partial charge in [-0.2, -0.15) is 0 Å². The van der Waals surface area contributed by atoms with Crippen molar-refractivity contribution in [3.8, 4) is 11.5 Å². The van der Waals surface area contributed by atoms with E-state index in [1.165, 1.54) is 13.3 Å². The molecule has 0 radical (unpaired) electrons. The number of rotatable bonds is 8. The molecule has 0 heterocycles. The average Bonchev–Trinajstić information content (AvgIpc) is 2.67. The van der Waals surface area contributed by atoms with Gasteiger partial charge < -0.3 is 19.6 Å². The van der Waals surface area contributed by atoms with Crippen molar-refractivity contribution < 1.29 is 32.3 Å². The van der Waals surface area contributed by atoms with Crippen LogP contribution >= 0.6 is 0 Å². The van der Waals surface area contributed by atoms with Crippen LogP contribution in [0.4, 0.5) is 18.9 Å². The smallest absolute Gasteiger partial charge is 0.265 e. The van der Waals surface area contributed by atoms with Crippen molar-refractivity contribution in [2.75, 3.05) is 25.6 Å². The van der Waals surface area contributed by atoms with Crippen LogP contribution in [-0.2, 0) is 9.63 Å². The summed E-state index contributed by atoms with van der Waals surface area (Å²) in [6, 6.07) is 6.67. The topological polar surface area (TPSA) is 69.2 Å². The number of hydrogen-bond acceptors (Lipinski definition) is 5. The van der Waals surface area contributed by atoms with Crippen molar-refractivity contribution >= 4 is 17.8 Å². The van der Waals surface area contributed by atoms with E-state index in [2.05, 4.69) is 10.5 Å². The van der Waals surface area contributed by atoms with Crippen molar-refractivity contribution in [3.63, 3.8) is 0 Å². The SMILES string of the molecule is CCOc1ccc(C=NOCC(=O)Nc2ccc(F)c(F)c2F)cc1OC. The Bertz CT molecular complexity index is 844. The van der Waals surface area contributed by atoms with Crippen LogP contribution in [-0.4, -0.2) is 32.4 Å². The number of anilines is 1. The van der Waals surface area contributed by atoms with Gasteiger partial charge in [-0.15, -0.1) is 0 Å². The molecule has 0 aliphatic heterocycles. The Hall–Kier alpha value is -3.23. The number of nitrogens with one attached hydrogen (secondary N) is 1. The number of benzene rings is 2. The van der Waals surface area contributed by atoms with Crippen molar-refractivity contribution in [1.82, 2.24) is 0 Å². The van der Waals surface area contributed by atoms with Crippen molar-refractivity contribution in [3.05, 3.63) is 53.3 Å². The zero-order valence-electron chi connectivity index (χ0n) is 14.6. The van der Waals surface area contributed by atoms with Gasteiger partial charge in [-0.3, -0.25) is 4.79 Å². The van der Waals surface area contributed by atoms with Crippen molar-refractivity contribution in [2.45, 2.75) is 6.92 Å². The average molecular weight is 382 g/mol. The standard InChI is InChI=1S/C18H17F3N2O4/c1-3-26-14-7-4-11(8-15(14)25-2)9-22-27-10-16(24)23-13-6-5-12(19)17(20)18(13)21/h4-9H,3,10H2,1-2H3,(H,23,24). The number of halogens is 3. The van der Waals surface area contributed by atoms with Crippen LogP contribution in [0.1, 0.15) is 12.5 Å². The predicted molar refractivity (Wildman–Crippen MR) is 92.7 cm³/mol. The molecule has 9 heteroatoms. The lowest BCUT2D eigenvalue weighted by atomic mass is 10.2. The van der Waals surface area contributed by atoms with E-state index in [1.807, 2.05) is 6.92 Å². The van der Waals surface area contributed by atoms with Crippen LogP contribution in [0.5, 0.6) is 11.5 Å². The van der Waals surface area contributed by atoms with Gasteiger partial charge in [0.15, 0.2) is 35.6 Å². The van der Waals surface area contributed by atoms with Gasteiger partial charge in [0.2, 0.25) is 0 Å². The van der Waals surface area contributed by atoms with Gasteiger partial charge in [0.25, 0.3) is 5.91 Å². The summed E-state index contributed by atoms with van der Waals surface area (Å²) in [7, 11) is 1.50. The molecule has 1 amide bonds. The van der Waals surface area contributed by atoms with Gasteiger partial charge in [0.05, 0.1) is 25.6 Å². The number of ether oxygens (including phenoxy) is 2. The molecule has 0 aliphatic carbocycles. The van der Waals surface area contributed by atoms with Crippen LogP contribution in [0.15, 0.2) is 35.5 Å². The van der Waals surface area contributed by atoms with E-state index in [9.17, 15) is 18.0 Å². The first-order chi connectivity index (χ1) is 13.0. The number of nitrogens with zero attached hydrogens (tertiary/aromatic N) is 1. The lowest BCUT2D eigenvalue weighted by Gasteiger charge is -2.09. The number of carbonyl (C=O) groups is 1. The van der Waals surface area contributed by atoms with Gasteiger partial charge in [-0.1, -0.05) is 5.16 Å². The zero-order chi connectivity index (χ0) is 19.8. The first-order valence-corrected chi connectivity index (χ1v) is 7.85. The monoisotopic (exact) mass is 382 g/mol. The molecule has 1 N–H and O–H groups in total. The molecule has 2 aromatic carbocycles. The van der Waals surface area contributed by atoms with E-state index >= 15 is 0 Å². The van der Waals surface area contributed by atoms with Crippen molar-refractivity contribution in [1.29, 1.82) is 0 Å². The summed E-state index contributed by atoms with van der Waals surface area (Å²) in [4.78, 5) is 16.5.